The molecule has 0 aliphatic rings. The third-order valence-electron chi connectivity index (χ3n) is 2.59. The highest BCUT2D eigenvalue weighted by molar-refractivity contribution is 7.92. The number of hydrogen-bond acceptors (Lipinski definition) is 6. The van der Waals surface area contributed by atoms with Gasteiger partial charge in [0.05, 0.1) is 10.6 Å². The van der Waals surface area contributed by atoms with Gasteiger partial charge in [-0.1, -0.05) is 0 Å². The molecule has 2 aromatic rings. The lowest BCUT2D eigenvalue weighted by Crippen LogP contribution is -2.13. The van der Waals surface area contributed by atoms with E-state index in [1.165, 1.54) is 24.4 Å². The van der Waals surface area contributed by atoms with Gasteiger partial charge in [-0.15, -0.1) is 0 Å². The Kier molecular flexibility index (Phi) is 3.88. The van der Waals surface area contributed by atoms with E-state index in [9.17, 15) is 21.9 Å². The van der Waals surface area contributed by atoms with E-state index in [0.29, 0.717) is 0 Å². The minimum absolute atomic E-state index is 0.103. The molecule has 0 aliphatic carbocycles. The summed E-state index contributed by atoms with van der Waals surface area (Å²) in [4.78, 5) is 3.48. The van der Waals surface area contributed by atoms with Crippen molar-refractivity contribution in [2.45, 2.75) is 9.79 Å². The van der Waals surface area contributed by atoms with E-state index in [0.717, 1.165) is 24.6 Å². The van der Waals surface area contributed by atoms with Crippen molar-refractivity contribution in [1.82, 2.24) is 4.98 Å². The molecule has 0 bridgehead atoms. The molecule has 0 unspecified atom stereocenters. The molecular weight excluding hydrogens is 316 g/mol. The van der Waals surface area contributed by atoms with Crippen molar-refractivity contribution >= 4 is 25.5 Å². The Bertz CT molecular complexity index is 862. The van der Waals surface area contributed by atoms with Crippen molar-refractivity contribution < 1.29 is 21.9 Å². The third kappa shape index (κ3) is 3.50. The number of aromatic nitrogens is 1. The summed E-state index contributed by atoms with van der Waals surface area (Å²) in [5, 5.41) is 9.67. The molecule has 0 radical (unpaired) electrons. The minimum atomic E-state index is -3.97. The smallest absolute Gasteiger partial charge is 0.263 e. The quantitative estimate of drug-likeness (QED) is 0.809. The first-order valence-corrected chi connectivity index (χ1v) is 9.03. The van der Waals surface area contributed by atoms with Crippen LogP contribution in [0.2, 0.25) is 0 Å². The van der Waals surface area contributed by atoms with Crippen LogP contribution in [0.25, 0.3) is 0 Å². The van der Waals surface area contributed by atoms with Crippen LogP contribution >= 0.6 is 0 Å². The van der Waals surface area contributed by atoms with Crippen molar-refractivity contribution in [1.29, 1.82) is 0 Å². The van der Waals surface area contributed by atoms with Gasteiger partial charge in [0, 0.05) is 18.6 Å². The Morgan fingerprint density at radius 1 is 1.10 bits per heavy atom. The second kappa shape index (κ2) is 5.34. The lowest BCUT2D eigenvalue weighted by molar-refractivity contribution is 0.477. The van der Waals surface area contributed by atoms with Gasteiger partial charge in [0.15, 0.2) is 9.84 Å². The van der Waals surface area contributed by atoms with Gasteiger partial charge in [0.25, 0.3) is 10.0 Å². The fourth-order valence-corrected chi connectivity index (χ4v) is 3.21. The molecule has 1 aromatic heterocycles. The number of phenolic OH excluding ortho intramolecular Hbond substituents is 1. The van der Waals surface area contributed by atoms with Gasteiger partial charge in [-0.3, -0.25) is 9.71 Å². The van der Waals surface area contributed by atoms with Crippen LogP contribution in [0.1, 0.15) is 0 Å². The van der Waals surface area contributed by atoms with E-state index in [1.54, 1.807) is 0 Å². The van der Waals surface area contributed by atoms with Gasteiger partial charge in [0.2, 0.25) is 0 Å². The van der Waals surface area contributed by atoms with Crippen LogP contribution in [-0.2, 0) is 19.9 Å². The van der Waals surface area contributed by atoms with Gasteiger partial charge in [-0.2, -0.15) is 0 Å². The molecule has 0 saturated carbocycles. The molecule has 1 heterocycles. The summed E-state index contributed by atoms with van der Waals surface area (Å²) in [6.45, 7) is 0. The van der Waals surface area contributed by atoms with E-state index in [2.05, 4.69) is 9.71 Å². The van der Waals surface area contributed by atoms with Crippen molar-refractivity contribution in [3.63, 3.8) is 0 Å². The van der Waals surface area contributed by atoms with E-state index in [4.69, 9.17) is 0 Å². The summed E-state index contributed by atoms with van der Waals surface area (Å²) < 4.78 is 49.3. The summed E-state index contributed by atoms with van der Waals surface area (Å²) in [6, 6.07) is 6.12. The van der Waals surface area contributed by atoms with Crippen molar-refractivity contribution in [3.8, 4) is 5.75 Å². The first kappa shape index (κ1) is 15.3. The lowest BCUT2D eigenvalue weighted by Gasteiger charge is -2.10. The third-order valence-corrected chi connectivity index (χ3v) is 5.05. The minimum Gasteiger partial charge on any atom is -0.506 e. The number of hydrogen-bond donors (Lipinski definition) is 2. The number of sulfone groups is 1. The number of nitrogens with one attached hydrogen (secondary N) is 1. The number of anilines is 1. The standard InChI is InChI=1S/C12H12N2O5S2/c1-20(16,17)9-4-5-12(15)11(7-9)14-21(18,19)10-3-2-6-13-8-10/h2-8,14-15H,1H3. The molecule has 9 heteroatoms. The number of sulfonamides is 1. The number of rotatable bonds is 4. The zero-order valence-corrected chi connectivity index (χ0v) is 12.5. The van der Waals surface area contributed by atoms with Crippen molar-refractivity contribution in [2.75, 3.05) is 11.0 Å². The lowest BCUT2D eigenvalue weighted by atomic mass is 10.3. The van der Waals surface area contributed by atoms with E-state index in [-0.39, 0.29) is 21.2 Å². The zero-order valence-electron chi connectivity index (χ0n) is 10.9. The average Bonchev–Trinajstić information content (AvgIpc) is 2.41. The summed E-state index contributed by atoms with van der Waals surface area (Å²) in [7, 11) is -7.49. The van der Waals surface area contributed by atoms with Crippen LogP contribution in [0, 0.1) is 0 Å². The summed E-state index contributed by atoms with van der Waals surface area (Å²) in [5.74, 6) is -0.380. The molecule has 0 spiro atoms. The molecule has 112 valence electrons. The van der Waals surface area contributed by atoms with E-state index in [1.807, 2.05) is 0 Å². The number of pyridine rings is 1. The summed E-state index contributed by atoms with van der Waals surface area (Å²) in [5.41, 5.74) is -0.221. The number of benzene rings is 1. The Labute approximate surface area is 122 Å². The van der Waals surface area contributed by atoms with Crippen LogP contribution in [0.4, 0.5) is 5.69 Å². The van der Waals surface area contributed by atoms with Gasteiger partial charge in [0.1, 0.15) is 10.6 Å². The second-order valence-electron chi connectivity index (χ2n) is 4.25. The second-order valence-corrected chi connectivity index (χ2v) is 7.94. The number of phenols is 1. The first-order chi connectivity index (χ1) is 9.70. The van der Waals surface area contributed by atoms with Crippen molar-refractivity contribution in [3.05, 3.63) is 42.7 Å². The molecule has 1 aromatic carbocycles. The van der Waals surface area contributed by atoms with Crippen LogP contribution in [0.3, 0.4) is 0 Å². The Hall–Kier alpha value is -2.13. The first-order valence-electron chi connectivity index (χ1n) is 5.66. The van der Waals surface area contributed by atoms with E-state index >= 15 is 0 Å². The Balaban J connectivity index is 2.45. The molecule has 21 heavy (non-hydrogen) atoms. The summed E-state index contributed by atoms with van der Waals surface area (Å²) >= 11 is 0. The fraction of sp³-hybridized carbons (Fsp3) is 0.0833. The highest BCUT2D eigenvalue weighted by Gasteiger charge is 2.18. The maximum atomic E-state index is 12.1. The maximum Gasteiger partial charge on any atom is 0.263 e. The normalized spacial score (nSPS) is 12.0. The van der Waals surface area contributed by atoms with Crippen LogP contribution in [0.5, 0.6) is 5.75 Å². The molecule has 0 fully saturated rings. The van der Waals surface area contributed by atoms with Gasteiger partial charge >= 0.3 is 0 Å². The highest BCUT2D eigenvalue weighted by Crippen LogP contribution is 2.28. The Morgan fingerprint density at radius 3 is 2.38 bits per heavy atom. The molecule has 0 aliphatic heterocycles. The van der Waals surface area contributed by atoms with Crippen LogP contribution < -0.4 is 4.72 Å². The zero-order chi connectivity index (χ0) is 15.7. The van der Waals surface area contributed by atoms with Crippen molar-refractivity contribution in [2.24, 2.45) is 0 Å². The monoisotopic (exact) mass is 328 g/mol. The highest BCUT2D eigenvalue weighted by atomic mass is 32.2. The Morgan fingerprint density at radius 2 is 1.81 bits per heavy atom. The predicted molar refractivity (Wildman–Crippen MR) is 76.3 cm³/mol. The molecule has 0 saturated heterocycles. The van der Waals surface area contributed by atoms with Gasteiger partial charge < -0.3 is 5.11 Å². The number of aromatic hydroxyl groups is 1. The predicted octanol–water partition coefficient (Wildman–Crippen LogP) is 0.992. The SMILES string of the molecule is CS(=O)(=O)c1ccc(O)c(NS(=O)(=O)c2cccnc2)c1. The molecule has 0 atom stereocenters. The fourth-order valence-electron chi connectivity index (χ4n) is 1.54. The largest absolute Gasteiger partial charge is 0.506 e. The van der Waals surface area contributed by atoms with Crippen LogP contribution in [-0.4, -0.2) is 33.2 Å². The van der Waals surface area contributed by atoms with Gasteiger partial charge in [-0.05, 0) is 30.3 Å². The van der Waals surface area contributed by atoms with Crippen LogP contribution in [0.15, 0.2) is 52.5 Å². The maximum absolute atomic E-state index is 12.1. The summed E-state index contributed by atoms with van der Waals surface area (Å²) in [6.07, 6.45) is 3.54. The molecular formula is C12H12N2O5S2. The topological polar surface area (TPSA) is 113 Å². The molecule has 2 rings (SSSR count). The molecule has 2 N–H and O–H groups in total. The molecule has 7 nitrogen and oxygen atoms in total. The van der Waals surface area contributed by atoms with Gasteiger partial charge in [-0.25, -0.2) is 16.8 Å². The average molecular weight is 328 g/mol. The van der Waals surface area contributed by atoms with E-state index < -0.39 is 19.9 Å². The molecule has 0 amide bonds. The number of nitrogens with zero attached hydrogens (tertiary/aromatic N) is 1.